The summed E-state index contributed by atoms with van der Waals surface area (Å²) in [4.78, 5) is 14.1. The van der Waals surface area contributed by atoms with Crippen molar-refractivity contribution in [3.05, 3.63) is 75.8 Å². The Bertz CT molecular complexity index is 867. The van der Waals surface area contributed by atoms with Gasteiger partial charge in [0.1, 0.15) is 4.91 Å². The molecule has 0 unspecified atom stereocenters. The summed E-state index contributed by atoms with van der Waals surface area (Å²) in [6, 6.07) is 12.5. The largest absolute Gasteiger partial charge is 0.382 e. The van der Waals surface area contributed by atoms with E-state index >= 15 is 0 Å². The van der Waals surface area contributed by atoms with E-state index in [1.165, 1.54) is 35.4 Å². The molecule has 24 heavy (non-hydrogen) atoms. The standard InChI is InChI=1S/C18H18ClNO3S/c1-13-4-10-16(11-5-13)24(22,23)17(12-20(2)3)18(21)14-6-8-15(19)9-7-14/h4-12H,1-3H3. The summed E-state index contributed by atoms with van der Waals surface area (Å²) >= 11 is 5.83. The van der Waals surface area contributed by atoms with E-state index in [-0.39, 0.29) is 15.4 Å². The van der Waals surface area contributed by atoms with Crippen LogP contribution in [0.15, 0.2) is 64.5 Å². The highest BCUT2D eigenvalue weighted by molar-refractivity contribution is 7.96. The van der Waals surface area contributed by atoms with Crippen molar-refractivity contribution in [2.45, 2.75) is 11.8 Å². The summed E-state index contributed by atoms with van der Waals surface area (Å²) in [5, 5.41) is 0.478. The normalized spacial score (nSPS) is 12.1. The van der Waals surface area contributed by atoms with Crippen LogP contribution in [0.5, 0.6) is 0 Å². The number of ketones is 1. The van der Waals surface area contributed by atoms with Gasteiger partial charge in [0.15, 0.2) is 0 Å². The molecule has 0 saturated carbocycles. The number of aryl methyl sites for hydroxylation is 1. The molecule has 0 aliphatic carbocycles. The van der Waals surface area contributed by atoms with Crippen molar-refractivity contribution >= 4 is 27.2 Å². The van der Waals surface area contributed by atoms with Crippen molar-refractivity contribution in [1.82, 2.24) is 4.90 Å². The number of rotatable bonds is 5. The minimum Gasteiger partial charge on any atom is -0.382 e. The van der Waals surface area contributed by atoms with Crippen molar-refractivity contribution in [3.63, 3.8) is 0 Å². The van der Waals surface area contributed by atoms with Gasteiger partial charge in [-0.3, -0.25) is 4.79 Å². The Morgan fingerprint density at radius 1 is 1.00 bits per heavy atom. The quantitative estimate of drug-likeness (QED) is 0.600. The van der Waals surface area contributed by atoms with Gasteiger partial charge in [-0.25, -0.2) is 8.42 Å². The van der Waals surface area contributed by atoms with E-state index < -0.39 is 15.6 Å². The molecule has 0 N–H and O–H groups in total. The first-order valence-electron chi connectivity index (χ1n) is 7.22. The maximum Gasteiger partial charge on any atom is 0.211 e. The van der Waals surface area contributed by atoms with E-state index in [2.05, 4.69) is 0 Å². The van der Waals surface area contributed by atoms with Crippen LogP contribution in [0.3, 0.4) is 0 Å². The Morgan fingerprint density at radius 2 is 1.54 bits per heavy atom. The number of Topliss-reactive ketones (excluding diaryl/α,β-unsaturated/α-hetero) is 1. The van der Waals surface area contributed by atoms with Gasteiger partial charge in [0.2, 0.25) is 15.6 Å². The van der Waals surface area contributed by atoms with Crippen molar-refractivity contribution in [2.75, 3.05) is 14.1 Å². The second-order valence-corrected chi connectivity index (χ2v) is 7.96. The average Bonchev–Trinajstić information content (AvgIpc) is 2.53. The highest BCUT2D eigenvalue weighted by Gasteiger charge is 2.28. The monoisotopic (exact) mass is 363 g/mol. The zero-order valence-corrected chi connectivity index (χ0v) is 15.2. The number of hydrogen-bond acceptors (Lipinski definition) is 4. The third-order valence-corrected chi connectivity index (χ3v) is 5.34. The van der Waals surface area contributed by atoms with Crippen molar-refractivity contribution in [2.24, 2.45) is 0 Å². The molecule has 0 aliphatic heterocycles. The molecular formula is C18H18ClNO3S. The second-order valence-electron chi connectivity index (χ2n) is 5.61. The van der Waals surface area contributed by atoms with Gasteiger partial charge in [0.25, 0.3) is 0 Å². The third-order valence-electron chi connectivity index (χ3n) is 3.33. The number of benzene rings is 2. The van der Waals surface area contributed by atoms with E-state index in [1.54, 1.807) is 38.4 Å². The first-order chi connectivity index (χ1) is 11.2. The van der Waals surface area contributed by atoms with E-state index in [9.17, 15) is 13.2 Å². The maximum atomic E-state index is 12.9. The van der Waals surface area contributed by atoms with Gasteiger partial charge in [0, 0.05) is 30.9 Å². The highest BCUT2D eigenvalue weighted by Crippen LogP contribution is 2.24. The van der Waals surface area contributed by atoms with E-state index in [0.717, 1.165) is 5.56 Å². The van der Waals surface area contributed by atoms with Gasteiger partial charge in [0.05, 0.1) is 4.90 Å². The molecule has 0 amide bonds. The molecule has 0 aliphatic rings. The van der Waals surface area contributed by atoms with Crippen LogP contribution in [0.4, 0.5) is 0 Å². The molecule has 2 rings (SSSR count). The molecule has 4 nitrogen and oxygen atoms in total. The first kappa shape index (κ1) is 18.2. The predicted octanol–water partition coefficient (Wildman–Crippen LogP) is 3.71. The average molecular weight is 364 g/mol. The number of carbonyl (C=O) groups excluding carboxylic acids is 1. The van der Waals surface area contributed by atoms with Crippen LogP contribution in [0.1, 0.15) is 15.9 Å². The topological polar surface area (TPSA) is 54.5 Å². The summed E-state index contributed by atoms with van der Waals surface area (Å²) in [5.41, 5.74) is 1.21. The van der Waals surface area contributed by atoms with Crippen LogP contribution < -0.4 is 0 Å². The summed E-state index contributed by atoms with van der Waals surface area (Å²) in [5.74, 6) is -0.569. The molecule has 126 valence electrons. The summed E-state index contributed by atoms with van der Waals surface area (Å²) < 4.78 is 25.8. The Morgan fingerprint density at radius 3 is 2.04 bits per heavy atom. The molecule has 0 saturated heterocycles. The minimum absolute atomic E-state index is 0.0866. The van der Waals surface area contributed by atoms with Crippen LogP contribution in [0.2, 0.25) is 5.02 Å². The van der Waals surface area contributed by atoms with Crippen LogP contribution in [-0.2, 0) is 9.84 Å². The lowest BCUT2D eigenvalue weighted by molar-refractivity contribution is 0.104. The minimum atomic E-state index is -3.93. The Kier molecular flexibility index (Phi) is 5.47. The summed E-state index contributed by atoms with van der Waals surface area (Å²) in [7, 11) is -0.601. The fraction of sp³-hybridized carbons (Fsp3) is 0.167. The van der Waals surface area contributed by atoms with Gasteiger partial charge >= 0.3 is 0 Å². The van der Waals surface area contributed by atoms with Gasteiger partial charge in [-0.2, -0.15) is 0 Å². The lowest BCUT2D eigenvalue weighted by atomic mass is 10.1. The highest BCUT2D eigenvalue weighted by atomic mass is 35.5. The number of allylic oxidation sites excluding steroid dienone is 1. The molecule has 0 spiro atoms. The van der Waals surface area contributed by atoms with Gasteiger partial charge < -0.3 is 4.90 Å². The molecule has 2 aromatic rings. The molecule has 6 heteroatoms. The molecule has 0 fully saturated rings. The second kappa shape index (κ2) is 7.20. The number of carbonyl (C=O) groups is 1. The smallest absolute Gasteiger partial charge is 0.211 e. The SMILES string of the molecule is Cc1ccc(S(=O)(=O)C(=CN(C)C)C(=O)c2ccc(Cl)cc2)cc1. The molecule has 0 bridgehead atoms. The van der Waals surface area contributed by atoms with Gasteiger partial charge in [-0.1, -0.05) is 29.3 Å². The molecule has 0 aromatic heterocycles. The van der Waals surface area contributed by atoms with E-state index in [1.807, 2.05) is 6.92 Å². The van der Waals surface area contributed by atoms with Crippen molar-refractivity contribution in [1.29, 1.82) is 0 Å². The van der Waals surface area contributed by atoms with E-state index in [4.69, 9.17) is 11.6 Å². The van der Waals surface area contributed by atoms with Crippen LogP contribution in [0.25, 0.3) is 0 Å². The van der Waals surface area contributed by atoms with Gasteiger partial charge in [-0.05, 0) is 43.3 Å². The number of halogens is 1. The maximum absolute atomic E-state index is 12.9. The fourth-order valence-electron chi connectivity index (χ4n) is 2.07. The first-order valence-corrected chi connectivity index (χ1v) is 9.08. The van der Waals surface area contributed by atoms with Crippen molar-refractivity contribution < 1.29 is 13.2 Å². The Hall–Kier alpha value is -2.11. The number of hydrogen-bond donors (Lipinski definition) is 0. The molecule has 0 heterocycles. The Balaban J connectivity index is 2.54. The number of sulfone groups is 1. The third kappa shape index (κ3) is 4.04. The zero-order valence-electron chi connectivity index (χ0n) is 13.7. The summed E-state index contributed by atoms with van der Waals surface area (Å²) in [6.45, 7) is 1.87. The lowest BCUT2D eigenvalue weighted by Gasteiger charge is -2.13. The molecule has 0 radical (unpaired) electrons. The molecule has 2 aromatic carbocycles. The number of nitrogens with zero attached hydrogens (tertiary/aromatic N) is 1. The Labute approximate surface area is 147 Å². The van der Waals surface area contributed by atoms with Gasteiger partial charge in [-0.15, -0.1) is 0 Å². The zero-order chi connectivity index (χ0) is 17.9. The summed E-state index contributed by atoms with van der Waals surface area (Å²) in [6.07, 6.45) is 1.33. The van der Waals surface area contributed by atoms with Crippen LogP contribution in [0, 0.1) is 6.92 Å². The van der Waals surface area contributed by atoms with E-state index in [0.29, 0.717) is 5.02 Å². The predicted molar refractivity (Wildman–Crippen MR) is 95.9 cm³/mol. The fourth-order valence-corrected chi connectivity index (χ4v) is 3.66. The van der Waals surface area contributed by atoms with Crippen molar-refractivity contribution in [3.8, 4) is 0 Å². The lowest BCUT2D eigenvalue weighted by Crippen LogP contribution is -2.18. The molecule has 0 atom stereocenters. The molecular weight excluding hydrogens is 346 g/mol. The van der Waals surface area contributed by atoms with Crippen LogP contribution >= 0.6 is 11.6 Å². The van der Waals surface area contributed by atoms with Crippen LogP contribution in [-0.4, -0.2) is 33.2 Å².